The average Bonchev–Trinajstić information content (AvgIpc) is 3.41. The van der Waals surface area contributed by atoms with Crippen LogP contribution in [0.5, 0.6) is 0 Å². The van der Waals surface area contributed by atoms with Gasteiger partial charge in [-0.25, -0.2) is 4.98 Å². The van der Waals surface area contributed by atoms with Crippen LogP contribution >= 0.6 is 0 Å². The van der Waals surface area contributed by atoms with Crippen LogP contribution < -0.4 is 20.4 Å². The lowest BCUT2D eigenvalue weighted by molar-refractivity contribution is -0.140. The maximum atomic E-state index is 14.8. The number of hydrogen-bond acceptors (Lipinski definition) is 7. The van der Waals surface area contributed by atoms with Gasteiger partial charge in [0.2, 0.25) is 5.95 Å². The number of aromatic nitrogens is 2. The van der Waals surface area contributed by atoms with Gasteiger partial charge in [-0.15, -0.1) is 0 Å². The highest BCUT2D eigenvalue weighted by Crippen LogP contribution is 2.39. The molecule has 2 aromatic rings. The molecule has 0 saturated heterocycles. The number of fused-ring (bicyclic) bond motifs is 1. The van der Waals surface area contributed by atoms with Gasteiger partial charge in [0.05, 0.1) is 12.7 Å². The molecule has 206 valence electrons. The van der Waals surface area contributed by atoms with E-state index in [2.05, 4.69) is 25.5 Å². The molecular formula is C27H37F2N7O2. The topological polar surface area (TPSA) is 93.7 Å². The first-order valence-electron chi connectivity index (χ1n) is 13.2. The number of hydrogen-bond donors (Lipinski definition) is 2. The van der Waals surface area contributed by atoms with E-state index in [-0.39, 0.29) is 23.6 Å². The summed E-state index contributed by atoms with van der Waals surface area (Å²) < 4.78 is 29.7. The number of nitrogens with one attached hydrogen (secondary N) is 2. The van der Waals surface area contributed by atoms with Crippen molar-refractivity contribution in [1.29, 1.82) is 0 Å². The highest BCUT2D eigenvalue weighted by molar-refractivity contribution is 6.02. The van der Waals surface area contributed by atoms with E-state index in [0.29, 0.717) is 24.3 Å². The third kappa shape index (κ3) is 6.03. The monoisotopic (exact) mass is 529 g/mol. The lowest BCUT2D eigenvalue weighted by atomic mass is 10.1. The zero-order valence-corrected chi connectivity index (χ0v) is 22.6. The summed E-state index contributed by atoms with van der Waals surface area (Å²) >= 11 is 0. The predicted octanol–water partition coefficient (Wildman–Crippen LogP) is 3.82. The standard InChI is InChI=1S/C27H37F2N7O2/c1-5-18-15-19(24(37)30-13-8-14-34(2)3)11-12-21(18)32-26-31-16-22-23(33-26)36(20-9-6-7-10-20)17-27(28,29)25(38)35(22)4/h11-12,15-16,20H,5-10,13-14,17H2,1-4H3,(H,30,37)(H,31,32,33). The van der Waals surface area contributed by atoms with Gasteiger partial charge in [0.15, 0.2) is 5.82 Å². The number of nitrogens with zero attached hydrogens (tertiary/aromatic N) is 5. The second-order valence-electron chi connectivity index (χ2n) is 10.3. The van der Waals surface area contributed by atoms with E-state index in [1.54, 1.807) is 17.0 Å². The quantitative estimate of drug-likeness (QED) is 0.477. The van der Waals surface area contributed by atoms with E-state index in [0.717, 1.165) is 54.8 Å². The Morgan fingerprint density at radius 1 is 1.24 bits per heavy atom. The first-order valence-corrected chi connectivity index (χ1v) is 13.2. The summed E-state index contributed by atoms with van der Waals surface area (Å²) in [7, 11) is 5.32. The fraction of sp³-hybridized carbons (Fsp3) is 0.556. The second kappa shape index (κ2) is 11.6. The van der Waals surface area contributed by atoms with E-state index in [1.807, 2.05) is 27.1 Å². The number of alkyl halides is 2. The number of carbonyl (C=O) groups is 2. The molecule has 1 saturated carbocycles. The largest absolute Gasteiger partial charge is 0.352 e. The Balaban J connectivity index is 1.58. The maximum Gasteiger partial charge on any atom is 0.342 e. The molecular weight excluding hydrogens is 492 g/mol. The van der Waals surface area contributed by atoms with E-state index >= 15 is 0 Å². The lowest BCUT2D eigenvalue weighted by Crippen LogP contribution is -2.48. The van der Waals surface area contributed by atoms with Crippen molar-refractivity contribution < 1.29 is 18.4 Å². The van der Waals surface area contributed by atoms with E-state index in [4.69, 9.17) is 0 Å². The molecule has 1 aliphatic carbocycles. The van der Waals surface area contributed by atoms with Gasteiger partial charge in [-0.05, 0) is 70.1 Å². The van der Waals surface area contributed by atoms with Crippen LogP contribution in [0, 0.1) is 0 Å². The molecule has 9 nitrogen and oxygen atoms in total. The Hall–Kier alpha value is -3.34. The van der Waals surface area contributed by atoms with Crippen LogP contribution in [0.4, 0.5) is 31.9 Å². The molecule has 0 unspecified atom stereocenters. The van der Waals surface area contributed by atoms with Gasteiger partial charge in [-0.3, -0.25) is 9.59 Å². The highest BCUT2D eigenvalue weighted by atomic mass is 19.3. The summed E-state index contributed by atoms with van der Waals surface area (Å²) in [6.07, 6.45) is 6.41. The molecule has 1 aliphatic heterocycles. The summed E-state index contributed by atoms with van der Waals surface area (Å²) in [5, 5.41) is 6.16. The van der Waals surface area contributed by atoms with Gasteiger partial charge < -0.3 is 25.3 Å². The Morgan fingerprint density at radius 3 is 2.66 bits per heavy atom. The summed E-state index contributed by atoms with van der Waals surface area (Å²) in [4.78, 5) is 38.7. The number of carbonyl (C=O) groups excluding carboxylic acids is 2. The van der Waals surface area contributed by atoms with E-state index in [9.17, 15) is 18.4 Å². The molecule has 38 heavy (non-hydrogen) atoms. The van der Waals surface area contributed by atoms with Crippen molar-refractivity contribution in [3.05, 3.63) is 35.5 Å². The molecule has 0 bridgehead atoms. The van der Waals surface area contributed by atoms with Crippen LogP contribution in [-0.4, -0.2) is 79.4 Å². The minimum Gasteiger partial charge on any atom is -0.352 e. The fourth-order valence-corrected chi connectivity index (χ4v) is 5.07. The first kappa shape index (κ1) is 27.7. The summed E-state index contributed by atoms with van der Waals surface area (Å²) in [5.74, 6) is -4.34. The van der Waals surface area contributed by atoms with Gasteiger partial charge in [0.25, 0.3) is 11.8 Å². The lowest BCUT2D eigenvalue weighted by Gasteiger charge is -2.31. The molecule has 1 aromatic carbocycles. The SMILES string of the molecule is CCc1cc(C(=O)NCCCN(C)C)ccc1Nc1ncc2c(n1)N(C1CCCC1)CC(F)(F)C(=O)N2C. The molecule has 0 radical (unpaired) electrons. The first-order chi connectivity index (χ1) is 18.1. The Morgan fingerprint density at radius 2 is 1.97 bits per heavy atom. The average molecular weight is 530 g/mol. The third-order valence-corrected chi connectivity index (χ3v) is 7.20. The van der Waals surface area contributed by atoms with Crippen molar-refractivity contribution in [2.45, 2.75) is 57.4 Å². The number of benzene rings is 1. The minimum absolute atomic E-state index is 0.108. The molecule has 2 heterocycles. The Bertz CT molecular complexity index is 1170. The van der Waals surface area contributed by atoms with Crippen molar-refractivity contribution in [2.75, 3.05) is 55.9 Å². The van der Waals surface area contributed by atoms with Crippen LogP contribution in [0.1, 0.15) is 54.9 Å². The summed E-state index contributed by atoms with van der Waals surface area (Å²) in [6.45, 7) is 2.77. The van der Waals surface area contributed by atoms with Crippen molar-refractivity contribution in [2.24, 2.45) is 0 Å². The fourth-order valence-electron chi connectivity index (χ4n) is 5.07. The number of aryl methyl sites for hydroxylation is 1. The van der Waals surface area contributed by atoms with Crippen molar-refractivity contribution in [1.82, 2.24) is 20.2 Å². The van der Waals surface area contributed by atoms with Crippen LogP contribution in [0.15, 0.2) is 24.4 Å². The predicted molar refractivity (Wildman–Crippen MR) is 145 cm³/mol. The van der Waals surface area contributed by atoms with Crippen molar-refractivity contribution in [3.8, 4) is 0 Å². The van der Waals surface area contributed by atoms with E-state index < -0.39 is 18.4 Å². The van der Waals surface area contributed by atoms with Gasteiger partial charge in [-0.2, -0.15) is 13.8 Å². The highest BCUT2D eigenvalue weighted by Gasteiger charge is 2.48. The summed E-state index contributed by atoms with van der Waals surface area (Å²) in [5.41, 5.74) is 2.46. The Kier molecular flexibility index (Phi) is 8.44. The molecule has 0 spiro atoms. The van der Waals surface area contributed by atoms with Gasteiger partial charge in [0.1, 0.15) is 5.69 Å². The molecule has 0 atom stereocenters. The number of halogens is 2. The van der Waals surface area contributed by atoms with Crippen LogP contribution in [0.25, 0.3) is 0 Å². The van der Waals surface area contributed by atoms with Crippen molar-refractivity contribution >= 4 is 35.0 Å². The number of amides is 2. The summed E-state index contributed by atoms with van der Waals surface area (Å²) in [6, 6.07) is 5.28. The van der Waals surface area contributed by atoms with Gasteiger partial charge in [-0.1, -0.05) is 19.8 Å². The zero-order chi connectivity index (χ0) is 27.4. The molecule has 2 amide bonds. The molecule has 11 heteroatoms. The van der Waals surface area contributed by atoms with Crippen LogP contribution in [0.2, 0.25) is 0 Å². The Labute approximate surface area is 222 Å². The van der Waals surface area contributed by atoms with Gasteiger partial charge >= 0.3 is 5.92 Å². The van der Waals surface area contributed by atoms with Gasteiger partial charge in [0, 0.05) is 30.9 Å². The van der Waals surface area contributed by atoms with Crippen LogP contribution in [-0.2, 0) is 11.2 Å². The molecule has 1 aromatic heterocycles. The van der Waals surface area contributed by atoms with E-state index in [1.165, 1.54) is 13.2 Å². The maximum absolute atomic E-state index is 14.8. The smallest absolute Gasteiger partial charge is 0.342 e. The number of rotatable bonds is 9. The van der Waals surface area contributed by atoms with Crippen molar-refractivity contribution in [3.63, 3.8) is 0 Å². The number of anilines is 4. The molecule has 1 fully saturated rings. The second-order valence-corrected chi connectivity index (χ2v) is 10.3. The van der Waals surface area contributed by atoms with Crippen LogP contribution in [0.3, 0.4) is 0 Å². The molecule has 4 rings (SSSR count). The third-order valence-electron chi connectivity index (χ3n) is 7.20. The molecule has 2 aliphatic rings. The minimum atomic E-state index is -3.52. The normalized spacial score (nSPS) is 17.5. The molecule has 2 N–H and O–H groups in total. The zero-order valence-electron chi connectivity index (χ0n) is 22.6.